The third-order valence-corrected chi connectivity index (χ3v) is 2.19. The van der Waals surface area contributed by atoms with Crippen molar-refractivity contribution in [3.63, 3.8) is 0 Å². The molecule has 1 heterocycles. The second-order valence-corrected chi connectivity index (χ2v) is 3.40. The van der Waals surface area contributed by atoms with Crippen LogP contribution in [0.5, 0.6) is 0 Å². The Morgan fingerprint density at radius 2 is 1.42 bits per heavy atom. The van der Waals surface area contributed by atoms with Gasteiger partial charge in [-0.25, -0.2) is 31.9 Å². The maximum absolute atomic E-state index is 13.4. The molecular formula is C10H5F5N4. The Balaban J connectivity index is 2.56. The molecule has 2 aromatic rings. The van der Waals surface area contributed by atoms with Crippen molar-refractivity contribution in [1.29, 1.82) is 0 Å². The van der Waals surface area contributed by atoms with Crippen LogP contribution in [0.4, 0.5) is 39.1 Å². The average molecular weight is 276 g/mol. The molecular weight excluding hydrogens is 271 g/mol. The lowest BCUT2D eigenvalue weighted by molar-refractivity contribution is 0.382. The minimum Gasteiger partial charge on any atom is -0.394 e. The quantitative estimate of drug-likeness (QED) is 0.502. The number of hydrogen-bond acceptors (Lipinski definition) is 4. The van der Waals surface area contributed by atoms with Crippen LogP contribution in [0, 0.1) is 29.1 Å². The van der Waals surface area contributed by atoms with Crippen molar-refractivity contribution in [2.45, 2.75) is 0 Å². The summed E-state index contributed by atoms with van der Waals surface area (Å²) in [7, 11) is 0. The Bertz CT molecular complexity index is 617. The second kappa shape index (κ2) is 4.67. The number of nitrogens with zero attached hydrogens (tertiary/aromatic N) is 2. The molecule has 100 valence electrons. The minimum atomic E-state index is -2.24. The first-order chi connectivity index (χ1) is 8.93. The summed E-state index contributed by atoms with van der Waals surface area (Å²) < 4.78 is 65.4. The van der Waals surface area contributed by atoms with Gasteiger partial charge in [0.15, 0.2) is 29.1 Å². The predicted molar refractivity (Wildman–Crippen MR) is 56.0 cm³/mol. The van der Waals surface area contributed by atoms with Gasteiger partial charge in [0.05, 0.1) is 11.9 Å². The van der Waals surface area contributed by atoms with Gasteiger partial charge in [-0.15, -0.1) is 0 Å². The van der Waals surface area contributed by atoms with Crippen LogP contribution in [0.15, 0.2) is 12.5 Å². The zero-order chi connectivity index (χ0) is 14.2. The molecule has 0 atom stereocenters. The van der Waals surface area contributed by atoms with Gasteiger partial charge in [-0.2, -0.15) is 0 Å². The van der Waals surface area contributed by atoms with E-state index in [4.69, 9.17) is 5.73 Å². The van der Waals surface area contributed by atoms with Crippen molar-refractivity contribution in [3.8, 4) is 0 Å². The summed E-state index contributed by atoms with van der Waals surface area (Å²) in [5, 5.41) is 1.94. The summed E-state index contributed by atoms with van der Waals surface area (Å²) in [5.41, 5.74) is 4.03. The molecule has 0 saturated carbocycles. The van der Waals surface area contributed by atoms with Gasteiger partial charge in [0.1, 0.15) is 12.0 Å². The van der Waals surface area contributed by atoms with Crippen LogP contribution < -0.4 is 11.1 Å². The smallest absolute Gasteiger partial charge is 0.200 e. The fourth-order valence-corrected chi connectivity index (χ4v) is 1.28. The molecule has 0 unspecified atom stereocenters. The van der Waals surface area contributed by atoms with E-state index >= 15 is 0 Å². The molecule has 1 aromatic heterocycles. The number of benzene rings is 1. The van der Waals surface area contributed by atoms with E-state index in [1.807, 2.05) is 5.32 Å². The van der Waals surface area contributed by atoms with Crippen LogP contribution in [0.3, 0.4) is 0 Å². The van der Waals surface area contributed by atoms with Gasteiger partial charge in [0.2, 0.25) is 5.82 Å². The van der Waals surface area contributed by atoms with E-state index in [2.05, 4.69) is 9.97 Å². The molecule has 0 aliphatic carbocycles. The summed E-state index contributed by atoms with van der Waals surface area (Å²) in [5.74, 6) is -10.7. The highest BCUT2D eigenvalue weighted by molar-refractivity contribution is 5.68. The van der Waals surface area contributed by atoms with Crippen LogP contribution in [0.1, 0.15) is 0 Å². The van der Waals surface area contributed by atoms with E-state index in [-0.39, 0.29) is 11.5 Å². The maximum Gasteiger partial charge on any atom is 0.200 e. The van der Waals surface area contributed by atoms with Crippen LogP contribution >= 0.6 is 0 Å². The van der Waals surface area contributed by atoms with Crippen molar-refractivity contribution in [2.75, 3.05) is 11.1 Å². The van der Waals surface area contributed by atoms with E-state index in [1.54, 1.807) is 0 Å². The Labute approximate surface area is 103 Å². The Hall–Kier alpha value is -2.45. The number of rotatable bonds is 2. The summed E-state index contributed by atoms with van der Waals surface area (Å²) >= 11 is 0. The molecule has 19 heavy (non-hydrogen) atoms. The highest BCUT2D eigenvalue weighted by Crippen LogP contribution is 2.30. The fraction of sp³-hybridized carbons (Fsp3) is 0. The van der Waals surface area contributed by atoms with Gasteiger partial charge >= 0.3 is 0 Å². The van der Waals surface area contributed by atoms with E-state index in [0.29, 0.717) is 0 Å². The number of nitrogen functional groups attached to an aromatic ring is 1. The highest BCUT2D eigenvalue weighted by atomic mass is 19.2. The van der Waals surface area contributed by atoms with Crippen molar-refractivity contribution in [3.05, 3.63) is 41.6 Å². The molecule has 0 amide bonds. The summed E-state index contributed by atoms with van der Waals surface area (Å²) in [6.45, 7) is 0. The zero-order valence-corrected chi connectivity index (χ0v) is 9.02. The number of nitrogens with two attached hydrogens (primary N) is 1. The lowest BCUT2D eigenvalue weighted by Gasteiger charge is -2.11. The number of anilines is 3. The largest absolute Gasteiger partial charge is 0.394 e. The molecule has 9 heteroatoms. The molecule has 2 rings (SSSR count). The SMILES string of the molecule is Nc1cncnc1Nc1c(F)c(F)c(F)c(F)c1F. The Kier molecular flexibility index (Phi) is 3.19. The van der Waals surface area contributed by atoms with Crippen molar-refractivity contribution in [2.24, 2.45) is 0 Å². The van der Waals surface area contributed by atoms with Gasteiger partial charge in [-0.05, 0) is 0 Å². The molecule has 0 radical (unpaired) electrons. The summed E-state index contributed by atoms with van der Waals surface area (Å²) in [4.78, 5) is 7.03. The minimum absolute atomic E-state index is 0.119. The molecule has 3 N–H and O–H groups in total. The molecule has 0 aliphatic rings. The molecule has 0 spiro atoms. The topological polar surface area (TPSA) is 63.8 Å². The van der Waals surface area contributed by atoms with Gasteiger partial charge in [-0.3, -0.25) is 0 Å². The number of nitrogens with one attached hydrogen (secondary N) is 1. The first-order valence-electron chi connectivity index (χ1n) is 4.77. The maximum atomic E-state index is 13.4. The van der Waals surface area contributed by atoms with Gasteiger partial charge in [0, 0.05) is 0 Å². The molecule has 0 fully saturated rings. The number of hydrogen-bond donors (Lipinski definition) is 2. The first-order valence-corrected chi connectivity index (χ1v) is 4.77. The van der Waals surface area contributed by atoms with Gasteiger partial charge in [-0.1, -0.05) is 0 Å². The third-order valence-electron chi connectivity index (χ3n) is 2.19. The monoisotopic (exact) mass is 276 g/mol. The van der Waals surface area contributed by atoms with E-state index in [1.165, 1.54) is 0 Å². The second-order valence-electron chi connectivity index (χ2n) is 3.40. The highest BCUT2D eigenvalue weighted by Gasteiger charge is 2.26. The fourth-order valence-electron chi connectivity index (χ4n) is 1.28. The number of aromatic nitrogens is 2. The van der Waals surface area contributed by atoms with Crippen molar-refractivity contribution < 1.29 is 22.0 Å². The Morgan fingerprint density at radius 3 is 1.95 bits per heavy atom. The van der Waals surface area contributed by atoms with Crippen LogP contribution in [-0.2, 0) is 0 Å². The zero-order valence-electron chi connectivity index (χ0n) is 9.02. The lowest BCUT2D eigenvalue weighted by Crippen LogP contribution is -2.08. The Morgan fingerprint density at radius 1 is 0.895 bits per heavy atom. The van der Waals surface area contributed by atoms with Crippen LogP contribution in [-0.4, -0.2) is 9.97 Å². The normalized spacial score (nSPS) is 10.6. The van der Waals surface area contributed by atoms with E-state index < -0.39 is 34.8 Å². The first kappa shape index (κ1) is 13.0. The summed E-state index contributed by atoms with van der Waals surface area (Å²) in [6, 6.07) is 0. The van der Waals surface area contributed by atoms with Crippen LogP contribution in [0.2, 0.25) is 0 Å². The van der Waals surface area contributed by atoms with Gasteiger partial charge in [0.25, 0.3) is 0 Å². The van der Waals surface area contributed by atoms with E-state index in [9.17, 15) is 22.0 Å². The van der Waals surface area contributed by atoms with Crippen molar-refractivity contribution >= 4 is 17.2 Å². The van der Waals surface area contributed by atoms with E-state index in [0.717, 1.165) is 12.5 Å². The molecule has 0 aliphatic heterocycles. The van der Waals surface area contributed by atoms with Gasteiger partial charge < -0.3 is 11.1 Å². The predicted octanol–water partition coefficient (Wildman–Crippen LogP) is 2.50. The summed E-state index contributed by atoms with van der Waals surface area (Å²) in [6.07, 6.45) is 2.09. The van der Waals surface area contributed by atoms with Crippen molar-refractivity contribution in [1.82, 2.24) is 9.97 Å². The standard InChI is InChI=1S/C10H5F5N4/c11-4-5(12)7(14)9(8(15)6(4)13)19-10-3(16)1-17-2-18-10/h1-2H,16H2,(H,17,18,19). The average Bonchev–Trinajstić information content (AvgIpc) is 2.41. The lowest BCUT2D eigenvalue weighted by atomic mass is 10.2. The molecule has 1 aromatic carbocycles. The third kappa shape index (κ3) is 2.14. The molecule has 0 saturated heterocycles. The number of halogens is 5. The van der Waals surface area contributed by atoms with Crippen LogP contribution in [0.25, 0.3) is 0 Å². The molecule has 4 nitrogen and oxygen atoms in total. The molecule has 0 bridgehead atoms.